The van der Waals surface area contributed by atoms with Crippen molar-refractivity contribution >= 4 is 12.0 Å². The number of benzene rings is 2. The SMILES string of the molecule is O=C(COc1ccccc1)N1CCN(C(=O)OCc2ccccc2)CC1. The highest BCUT2D eigenvalue weighted by Crippen LogP contribution is 2.10. The van der Waals surface area contributed by atoms with Crippen molar-refractivity contribution in [2.45, 2.75) is 6.61 Å². The number of hydrogen-bond donors (Lipinski definition) is 0. The van der Waals surface area contributed by atoms with E-state index in [1.165, 1.54) is 0 Å². The summed E-state index contributed by atoms with van der Waals surface area (Å²) in [4.78, 5) is 27.7. The summed E-state index contributed by atoms with van der Waals surface area (Å²) in [5.41, 5.74) is 0.952. The molecular formula is C20H22N2O4. The Hall–Kier alpha value is -3.02. The highest BCUT2D eigenvalue weighted by molar-refractivity contribution is 5.78. The van der Waals surface area contributed by atoms with E-state index in [9.17, 15) is 9.59 Å². The number of amides is 2. The fourth-order valence-corrected chi connectivity index (χ4v) is 2.70. The van der Waals surface area contributed by atoms with Gasteiger partial charge in [0, 0.05) is 26.2 Å². The smallest absolute Gasteiger partial charge is 0.410 e. The van der Waals surface area contributed by atoms with Crippen molar-refractivity contribution in [3.05, 3.63) is 66.2 Å². The quantitative estimate of drug-likeness (QED) is 0.828. The molecular weight excluding hydrogens is 332 g/mol. The van der Waals surface area contributed by atoms with Crippen LogP contribution in [0.2, 0.25) is 0 Å². The zero-order chi connectivity index (χ0) is 18.2. The molecule has 1 fully saturated rings. The standard InChI is InChI=1S/C20H22N2O4/c23-19(16-25-18-9-5-2-6-10-18)21-11-13-22(14-12-21)20(24)26-15-17-7-3-1-4-8-17/h1-10H,11-16H2. The maximum Gasteiger partial charge on any atom is 0.410 e. The van der Waals surface area contributed by atoms with Crippen molar-refractivity contribution in [1.82, 2.24) is 9.80 Å². The molecule has 2 aromatic carbocycles. The molecule has 1 aliphatic heterocycles. The first kappa shape index (κ1) is 17.8. The second-order valence-electron chi connectivity index (χ2n) is 6.01. The molecule has 136 valence electrons. The van der Waals surface area contributed by atoms with Gasteiger partial charge in [-0.1, -0.05) is 48.5 Å². The van der Waals surface area contributed by atoms with Gasteiger partial charge in [-0.3, -0.25) is 4.79 Å². The van der Waals surface area contributed by atoms with Crippen molar-refractivity contribution in [3.63, 3.8) is 0 Å². The molecule has 0 saturated carbocycles. The first-order valence-electron chi connectivity index (χ1n) is 8.63. The summed E-state index contributed by atoms with van der Waals surface area (Å²) in [5.74, 6) is 0.593. The molecule has 6 nitrogen and oxygen atoms in total. The average molecular weight is 354 g/mol. The fraction of sp³-hybridized carbons (Fsp3) is 0.300. The Balaban J connectivity index is 1.39. The first-order chi connectivity index (χ1) is 12.7. The highest BCUT2D eigenvalue weighted by Gasteiger charge is 2.25. The Bertz CT molecular complexity index is 650. The molecule has 0 atom stereocenters. The van der Waals surface area contributed by atoms with Crippen LogP contribution in [0.4, 0.5) is 4.79 Å². The molecule has 1 heterocycles. The van der Waals surface area contributed by atoms with Gasteiger partial charge in [-0.15, -0.1) is 0 Å². The van der Waals surface area contributed by atoms with Crippen LogP contribution in [0.25, 0.3) is 0 Å². The molecule has 0 radical (unpaired) electrons. The number of nitrogens with zero attached hydrogens (tertiary/aromatic N) is 2. The summed E-state index contributed by atoms with van der Waals surface area (Å²) in [6, 6.07) is 18.8. The van der Waals surface area contributed by atoms with E-state index in [-0.39, 0.29) is 25.2 Å². The Morgan fingerprint density at radius 2 is 1.38 bits per heavy atom. The van der Waals surface area contributed by atoms with Gasteiger partial charge in [-0.25, -0.2) is 4.79 Å². The third-order valence-corrected chi connectivity index (χ3v) is 4.20. The van der Waals surface area contributed by atoms with Gasteiger partial charge in [-0.05, 0) is 17.7 Å². The van der Waals surface area contributed by atoms with Gasteiger partial charge < -0.3 is 19.3 Å². The van der Waals surface area contributed by atoms with E-state index in [2.05, 4.69) is 0 Å². The van der Waals surface area contributed by atoms with Gasteiger partial charge in [0.25, 0.3) is 5.91 Å². The van der Waals surface area contributed by atoms with Crippen molar-refractivity contribution in [1.29, 1.82) is 0 Å². The van der Waals surface area contributed by atoms with E-state index >= 15 is 0 Å². The van der Waals surface area contributed by atoms with Gasteiger partial charge in [0.15, 0.2) is 6.61 Å². The summed E-state index contributed by atoms with van der Waals surface area (Å²) in [6.45, 7) is 2.15. The third kappa shape index (κ3) is 4.99. The van der Waals surface area contributed by atoms with Gasteiger partial charge in [-0.2, -0.15) is 0 Å². The molecule has 2 aromatic rings. The van der Waals surface area contributed by atoms with Crippen LogP contribution in [0, 0.1) is 0 Å². The zero-order valence-electron chi connectivity index (χ0n) is 14.5. The number of ether oxygens (including phenoxy) is 2. The van der Waals surface area contributed by atoms with E-state index < -0.39 is 0 Å². The van der Waals surface area contributed by atoms with Crippen LogP contribution in [0.5, 0.6) is 5.75 Å². The molecule has 0 N–H and O–H groups in total. The number of para-hydroxylation sites is 1. The lowest BCUT2D eigenvalue weighted by molar-refractivity contribution is -0.135. The van der Waals surface area contributed by atoms with Crippen LogP contribution in [-0.2, 0) is 16.1 Å². The number of hydrogen-bond acceptors (Lipinski definition) is 4. The van der Waals surface area contributed by atoms with Gasteiger partial charge >= 0.3 is 6.09 Å². The molecule has 0 aromatic heterocycles. The lowest BCUT2D eigenvalue weighted by atomic mass is 10.2. The van der Waals surface area contributed by atoms with Crippen LogP contribution >= 0.6 is 0 Å². The average Bonchev–Trinajstić information content (AvgIpc) is 2.72. The minimum absolute atomic E-state index is 0.00245. The third-order valence-electron chi connectivity index (χ3n) is 4.20. The summed E-state index contributed by atoms with van der Waals surface area (Å²) in [5, 5.41) is 0. The summed E-state index contributed by atoms with van der Waals surface area (Å²) in [7, 11) is 0. The van der Waals surface area contributed by atoms with Crippen LogP contribution in [0.1, 0.15) is 5.56 Å². The van der Waals surface area contributed by atoms with Crippen LogP contribution in [0.3, 0.4) is 0 Å². The fourth-order valence-electron chi connectivity index (χ4n) is 2.70. The van der Waals surface area contributed by atoms with E-state index in [4.69, 9.17) is 9.47 Å². The Morgan fingerprint density at radius 3 is 2.04 bits per heavy atom. The highest BCUT2D eigenvalue weighted by atomic mass is 16.6. The van der Waals surface area contributed by atoms with E-state index in [0.717, 1.165) is 5.56 Å². The van der Waals surface area contributed by atoms with Crippen molar-refractivity contribution < 1.29 is 19.1 Å². The molecule has 0 unspecified atom stereocenters. The first-order valence-corrected chi connectivity index (χ1v) is 8.63. The minimum Gasteiger partial charge on any atom is -0.484 e. The van der Waals surface area contributed by atoms with Crippen LogP contribution in [0.15, 0.2) is 60.7 Å². The second-order valence-corrected chi connectivity index (χ2v) is 6.01. The zero-order valence-corrected chi connectivity index (χ0v) is 14.5. The molecule has 26 heavy (non-hydrogen) atoms. The largest absolute Gasteiger partial charge is 0.484 e. The van der Waals surface area contributed by atoms with Gasteiger partial charge in [0.1, 0.15) is 12.4 Å². The minimum atomic E-state index is -0.346. The van der Waals surface area contributed by atoms with Crippen molar-refractivity contribution in [3.8, 4) is 5.75 Å². The number of piperazine rings is 1. The normalized spacial score (nSPS) is 14.0. The summed E-state index contributed by atoms with van der Waals surface area (Å²) in [6.07, 6.45) is -0.346. The van der Waals surface area contributed by atoms with Crippen molar-refractivity contribution in [2.75, 3.05) is 32.8 Å². The predicted octanol–water partition coefficient (Wildman–Crippen LogP) is 2.55. The molecule has 6 heteroatoms. The lowest BCUT2D eigenvalue weighted by Crippen LogP contribution is -2.51. The van der Waals surface area contributed by atoms with Crippen LogP contribution < -0.4 is 4.74 Å². The second kappa shape index (κ2) is 8.89. The van der Waals surface area contributed by atoms with Crippen molar-refractivity contribution in [2.24, 2.45) is 0 Å². The Labute approximate surface area is 152 Å². The molecule has 0 aliphatic carbocycles. The van der Waals surface area contributed by atoms with Gasteiger partial charge in [0.2, 0.25) is 0 Å². The summed E-state index contributed by atoms with van der Waals surface area (Å²) < 4.78 is 10.8. The number of rotatable bonds is 5. The summed E-state index contributed by atoms with van der Waals surface area (Å²) >= 11 is 0. The molecule has 2 amide bonds. The van der Waals surface area contributed by atoms with E-state index in [1.807, 2.05) is 60.7 Å². The monoisotopic (exact) mass is 354 g/mol. The topological polar surface area (TPSA) is 59.1 Å². The molecule has 1 aliphatic rings. The molecule has 0 bridgehead atoms. The van der Waals surface area contributed by atoms with E-state index in [0.29, 0.717) is 31.9 Å². The maximum absolute atomic E-state index is 12.2. The lowest BCUT2D eigenvalue weighted by Gasteiger charge is -2.34. The molecule has 1 saturated heterocycles. The van der Waals surface area contributed by atoms with Gasteiger partial charge in [0.05, 0.1) is 0 Å². The Morgan fingerprint density at radius 1 is 0.808 bits per heavy atom. The number of carbonyl (C=O) groups is 2. The van der Waals surface area contributed by atoms with Crippen LogP contribution in [-0.4, -0.2) is 54.6 Å². The van der Waals surface area contributed by atoms with E-state index in [1.54, 1.807) is 9.80 Å². The predicted molar refractivity (Wildman–Crippen MR) is 96.7 cm³/mol. The molecule has 0 spiro atoms. The Kier molecular flexibility index (Phi) is 6.09. The maximum atomic E-state index is 12.2. The molecule has 3 rings (SSSR count). The number of carbonyl (C=O) groups excluding carboxylic acids is 2.